The van der Waals surface area contributed by atoms with E-state index in [1.54, 1.807) is 25.7 Å². The van der Waals surface area contributed by atoms with E-state index in [9.17, 15) is 0 Å². The van der Waals surface area contributed by atoms with Gasteiger partial charge in [-0.15, -0.1) is 0 Å². The Hall–Kier alpha value is -3.19. The molecule has 0 bridgehead atoms. The predicted octanol–water partition coefficient (Wildman–Crippen LogP) is 2.45. The van der Waals surface area contributed by atoms with Crippen LogP contribution in [0.1, 0.15) is 5.56 Å². The summed E-state index contributed by atoms with van der Waals surface area (Å²) in [6.45, 7) is 4.67. The molecule has 28 heavy (non-hydrogen) atoms. The number of aromatic nitrogens is 3. The van der Waals surface area contributed by atoms with Gasteiger partial charge in [0.2, 0.25) is 5.95 Å². The zero-order valence-electron chi connectivity index (χ0n) is 16.0. The molecule has 1 fully saturated rings. The topological polar surface area (TPSA) is 80.4 Å². The summed E-state index contributed by atoms with van der Waals surface area (Å²) in [6.07, 6.45) is 7.05. The van der Waals surface area contributed by atoms with Crippen LogP contribution in [0.4, 0.5) is 11.6 Å². The Morgan fingerprint density at radius 2 is 1.82 bits per heavy atom. The van der Waals surface area contributed by atoms with Crippen LogP contribution < -0.4 is 15.4 Å². The number of hydrogen-bond donors (Lipinski definition) is 1. The quantitative estimate of drug-likeness (QED) is 0.732. The molecule has 2 N–H and O–H groups in total. The number of nitrogen functional groups attached to an aromatic ring is 1. The third-order valence-electron chi connectivity index (χ3n) is 4.95. The highest BCUT2D eigenvalue weighted by atomic mass is 16.5. The standard InChI is InChI=1S/C21H24N6O/c1-28-20-4-3-16(11-19(20)17-12-18(22)14-23-13-17)15-26-7-9-27(10-8-26)21-24-5-2-6-25-21/h2-6,11-14H,7-10,15,22H2,1H3. The van der Waals surface area contributed by atoms with Crippen molar-refractivity contribution in [3.63, 3.8) is 0 Å². The lowest BCUT2D eigenvalue weighted by Gasteiger charge is -2.34. The molecule has 4 rings (SSSR count). The molecule has 1 aliphatic rings. The SMILES string of the molecule is COc1ccc(CN2CCN(c3ncccn3)CC2)cc1-c1cncc(N)c1. The summed E-state index contributed by atoms with van der Waals surface area (Å²) in [4.78, 5) is 17.6. The van der Waals surface area contributed by atoms with E-state index in [1.165, 1.54) is 5.56 Å². The molecule has 1 saturated heterocycles. The van der Waals surface area contributed by atoms with Crippen LogP contribution in [0.3, 0.4) is 0 Å². The molecule has 0 atom stereocenters. The Morgan fingerprint density at radius 3 is 2.54 bits per heavy atom. The van der Waals surface area contributed by atoms with Crippen molar-refractivity contribution in [3.05, 3.63) is 60.7 Å². The summed E-state index contributed by atoms with van der Waals surface area (Å²) >= 11 is 0. The Kier molecular flexibility index (Phi) is 5.34. The maximum absolute atomic E-state index is 5.91. The van der Waals surface area contributed by atoms with Crippen LogP contribution in [0, 0.1) is 0 Å². The van der Waals surface area contributed by atoms with Crippen LogP contribution in [0.5, 0.6) is 5.75 Å². The fourth-order valence-electron chi connectivity index (χ4n) is 3.50. The lowest BCUT2D eigenvalue weighted by atomic mass is 10.0. The first-order valence-electron chi connectivity index (χ1n) is 9.35. The summed E-state index contributed by atoms with van der Waals surface area (Å²) < 4.78 is 5.54. The molecule has 0 aliphatic carbocycles. The second-order valence-corrected chi connectivity index (χ2v) is 6.85. The van der Waals surface area contributed by atoms with E-state index in [0.717, 1.165) is 55.5 Å². The minimum Gasteiger partial charge on any atom is -0.496 e. The molecule has 7 nitrogen and oxygen atoms in total. The first-order chi connectivity index (χ1) is 13.7. The molecule has 2 aromatic heterocycles. The highest BCUT2D eigenvalue weighted by Crippen LogP contribution is 2.31. The number of nitrogens with two attached hydrogens (primary N) is 1. The van der Waals surface area contributed by atoms with Crippen LogP contribution >= 0.6 is 0 Å². The van der Waals surface area contributed by atoms with Crippen molar-refractivity contribution in [2.24, 2.45) is 0 Å². The van der Waals surface area contributed by atoms with E-state index < -0.39 is 0 Å². The van der Waals surface area contributed by atoms with Gasteiger partial charge in [0, 0.05) is 68.6 Å². The number of piperazine rings is 1. The predicted molar refractivity (Wildman–Crippen MR) is 110 cm³/mol. The highest BCUT2D eigenvalue weighted by molar-refractivity contribution is 5.72. The molecule has 3 aromatic rings. The van der Waals surface area contributed by atoms with Crippen LogP contribution in [0.25, 0.3) is 11.1 Å². The number of benzene rings is 1. The van der Waals surface area contributed by atoms with Crippen molar-refractivity contribution in [1.29, 1.82) is 0 Å². The van der Waals surface area contributed by atoms with Gasteiger partial charge in [-0.05, 0) is 29.8 Å². The first-order valence-corrected chi connectivity index (χ1v) is 9.35. The molecule has 144 valence electrons. The van der Waals surface area contributed by atoms with Crippen molar-refractivity contribution in [3.8, 4) is 16.9 Å². The number of methoxy groups -OCH3 is 1. The van der Waals surface area contributed by atoms with E-state index in [1.807, 2.05) is 24.4 Å². The first kappa shape index (κ1) is 18.2. The number of anilines is 2. The van der Waals surface area contributed by atoms with E-state index in [0.29, 0.717) is 5.69 Å². The van der Waals surface area contributed by atoms with Gasteiger partial charge in [-0.1, -0.05) is 6.07 Å². The van der Waals surface area contributed by atoms with Crippen LogP contribution in [-0.2, 0) is 6.54 Å². The summed E-state index contributed by atoms with van der Waals surface area (Å²) in [5.41, 5.74) is 9.76. The van der Waals surface area contributed by atoms with Gasteiger partial charge in [-0.2, -0.15) is 0 Å². The summed E-state index contributed by atoms with van der Waals surface area (Å²) in [5, 5.41) is 0. The number of rotatable bonds is 5. The molecular formula is C21H24N6O. The molecule has 0 amide bonds. The Balaban J connectivity index is 1.46. The van der Waals surface area contributed by atoms with Crippen LogP contribution in [0.15, 0.2) is 55.1 Å². The van der Waals surface area contributed by atoms with E-state index in [4.69, 9.17) is 10.5 Å². The van der Waals surface area contributed by atoms with E-state index >= 15 is 0 Å². The second-order valence-electron chi connectivity index (χ2n) is 6.85. The molecule has 0 saturated carbocycles. The van der Waals surface area contributed by atoms with Gasteiger partial charge in [0.15, 0.2) is 0 Å². The fraction of sp³-hybridized carbons (Fsp3) is 0.286. The van der Waals surface area contributed by atoms with Gasteiger partial charge < -0.3 is 15.4 Å². The average molecular weight is 376 g/mol. The van der Waals surface area contributed by atoms with Gasteiger partial charge in [0.25, 0.3) is 0 Å². The third kappa shape index (κ3) is 4.04. The van der Waals surface area contributed by atoms with Crippen molar-refractivity contribution in [2.75, 3.05) is 43.9 Å². The molecule has 0 radical (unpaired) electrons. The van der Waals surface area contributed by atoms with E-state index in [2.05, 4.69) is 36.9 Å². The average Bonchev–Trinajstić information content (AvgIpc) is 2.75. The fourth-order valence-corrected chi connectivity index (χ4v) is 3.50. The summed E-state index contributed by atoms with van der Waals surface area (Å²) in [6, 6.07) is 10.1. The summed E-state index contributed by atoms with van der Waals surface area (Å²) in [7, 11) is 1.68. The number of nitrogens with zero attached hydrogens (tertiary/aromatic N) is 5. The van der Waals surface area contributed by atoms with Gasteiger partial charge in [-0.3, -0.25) is 9.88 Å². The van der Waals surface area contributed by atoms with Crippen molar-refractivity contribution in [2.45, 2.75) is 6.54 Å². The molecule has 1 aliphatic heterocycles. The lowest BCUT2D eigenvalue weighted by Crippen LogP contribution is -2.46. The molecule has 7 heteroatoms. The Bertz CT molecular complexity index is 925. The maximum Gasteiger partial charge on any atom is 0.225 e. The normalized spacial score (nSPS) is 14.8. The van der Waals surface area contributed by atoms with Gasteiger partial charge in [0.05, 0.1) is 12.8 Å². The van der Waals surface area contributed by atoms with Gasteiger partial charge >= 0.3 is 0 Å². The van der Waals surface area contributed by atoms with Crippen LogP contribution in [-0.4, -0.2) is 53.1 Å². The smallest absolute Gasteiger partial charge is 0.225 e. The molecular weight excluding hydrogens is 352 g/mol. The summed E-state index contributed by atoms with van der Waals surface area (Å²) in [5.74, 6) is 1.63. The molecule has 3 heterocycles. The zero-order valence-corrected chi connectivity index (χ0v) is 16.0. The van der Waals surface area contributed by atoms with Crippen molar-refractivity contribution >= 4 is 11.6 Å². The number of hydrogen-bond acceptors (Lipinski definition) is 7. The zero-order chi connectivity index (χ0) is 19.3. The maximum atomic E-state index is 5.91. The minimum atomic E-state index is 0.643. The van der Waals surface area contributed by atoms with Gasteiger partial charge in [-0.25, -0.2) is 9.97 Å². The molecule has 0 unspecified atom stereocenters. The Labute approximate surface area is 164 Å². The van der Waals surface area contributed by atoms with Gasteiger partial charge in [0.1, 0.15) is 5.75 Å². The second kappa shape index (κ2) is 8.22. The van der Waals surface area contributed by atoms with Crippen LogP contribution in [0.2, 0.25) is 0 Å². The minimum absolute atomic E-state index is 0.643. The van der Waals surface area contributed by atoms with E-state index in [-0.39, 0.29) is 0 Å². The Morgan fingerprint density at radius 1 is 1.04 bits per heavy atom. The molecule has 0 spiro atoms. The number of ether oxygens (including phenoxy) is 1. The highest BCUT2D eigenvalue weighted by Gasteiger charge is 2.19. The third-order valence-corrected chi connectivity index (χ3v) is 4.95. The number of pyridine rings is 1. The lowest BCUT2D eigenvalue weighted by molar-refractivity contribution is 0.248. The van der Waals surface area contributed by atoms with Crippen molar-refractivity contribution < 1.29 is 4.74 Å². The largest absolute Gasteiger partial charge is 0.496 e. The monoisotopic (exact) mass is 376 g/mol. The molecule has 1 aromatic carbocycles. The van der Waals surface area contributed by atoms with Crippen molar-refractivity contribution in [1.82, 2.24) is 19.9 Å².